The highest BCUT2D eigenvalue weighted by atomic mass is 16.6. The Bertz CT molecular complexity index is 1720. The number of allylic oxidation sites excluding steroid dienone is 22. The lowest BCUT2D eigenvalue weighted by Crippen LogP contribution is -2.30. The lowest BCUT2D eigenvalue weighted by molar-refractivity contribution is -0.167. The van der Waals surface area contributed by atoms with E-state index in [0.29, 0.717) is 19.3 Å². The summed E-state index contributed by atoms with van der Waals surface area (Å²) in [6.07, 6.45) is 95.9. The van der Waals surface area contributed by atoms with Crippen LogP contribution in [0.4, 0.5) is 0 Å². The molecule has 1 atom stereocenters. The van der Waals surface area contributed by atoms with Gasteiger partial charge < -0.3 is 14.2 Å². The van der Waals surface area contributed by atoms with Crippen LogP contribution < -0.4 is 0 Å². The van der Waals surface area contributed by atoms with E-state index in [-0.39, 0.29) is 31.1 Å². The molecule has 0 bridgehead atoms. The first kappa shape index (κ1) is 76.5. The number of carbonyl (C=O) groups excluding carboxylic acids is 3. The van der Waals surface area contributed by atoms with Crippen molar-refractivity contribution in [2.75, 3.05) is 13.2 Å². The molecule has 0 fully saturated rings. The van der Waals surface area contributed by atoms with Gasteiger partial charge in [0.15, 0.2) is 6.10 Å². The molecule has 0 N–H and O–H groups in total. The number of esters is 3. The van der Waals surface area contributed by atoms with Crippen LogP contribution in [0, 0.1) is 0 Å². The van der Waals surface area contributed by atoms with E-state index in [9.17, 15) is 14.4 Å². The van der Waals surface area contributed by atoms with E-state index < -0.39 is 6.10 Å². The molecule has 0 aliphatic rings. The Hall–Kier alpha value is -4.45. The minimum atomic E-state index is -0.801. The van der Waals surface area contributed by atoms with Crippen LogP contribution in [0.15, 0.2) is 134 Å². The van der Waals surface area contributed by atoms with Crippen LogP contribution in [-0.4, -0.2) is 37.2 Å². The van der Waals surface area contributed by atoms with Gasteiger partial charge in [-0.25, -0.2) is 0 Å². The highest BCUT2D eigenvalue weighted by Gasteiger charge is 2.19. The maximum Gasteiger partial charge on any atom is 0.306 e. The molecule has 0 saturated heterocycles. The summed E-state index contributed by atoms with van der Waals surface area (Å²) in [6, 6.07) is 0. The summed E-state index contributed by atoms with van der Waals surface area (Å²) in [7, 11) is 0. The zero-order valence-electron chi connectivity index (χ0n) is 52.8. The molecular weight excluding hydrogens is 997 g/mol. The van der Waals surface area contributed by atoms with E-state index in [1.54, 1.807) is 0 Å². The van der Waals surface area contributed by atoms with Crippen LogP contribution in [0.25, 0.3) is 0 Å². The van der Waals surface area contributed by atoms with Crippen LogP contribution in [0.1, 0.15) is 303 Å². The molecule has 0 aliphatic carbocycles. The van der Waals surface area contributed by atoms with Crippen molar-refractivity contribution in [3.8, 4) is 0 Å². The van der Waals surface area contributed by atoms with Gasteiger partial charge in [0.05, 0.1) is 0 Å². The van der Waals surface area contributed by atoms with Crippen LogP contribution >= 0.6 is 0 Å². The normalized spacial score (nSPS) is 13.0. The van der Waals surface area contributed by atoms with Crippen molar-refractivity contribution in [3.05, 3.63) is 134 Å². The molecule has 0 saturated carbocycles. The number of ether oxygens (including phenoxy) is 3. The first-order valence-corrected chi connectivity index (χ1v) is 33.7. The molecule has 0 radical (unpaired) electrons. The number of unbranched alkanes of at least 4 members (excludes halogenated alkanes) is 27. The Morgan fingerprint density at radius 1 is 0.259 bits per heavy atom. The van der Waals surface area contributed by atoms with Gasteiger partial charge in [0.1, 0.15) is 13.2 Å². The molecule has 1 unspecified atom stereocenters. The Balaban J connectivity index is 4.47. The molecular formula is C75H124O6. The third-order valence-electron chi connectivity index (χ3n) is 14.2. The lowest BCUT2D eigenvalue weighted by atomic mass is 10.0. The fourth-order valence-corrected chi connectivity index (χ4v) is 9.18. The van der Waals surface area contributed by atoms with Crippen molar-refractivity contribution in [3.63, 3.8) is 0 Å². The van der Waals surface area contributed by atoms with Crippen LogP contribution in [0.5, 0.6) is 0 Å². The summed E-state index contributed by atoms with van der Waals surface area (Å²) in [5.41, 5.74) is 0. The Morgan fingerprint density at radius 3 is 0.753 bits per heavy atom. The molecule has 0 rings (SSSR count). The van der Waals surface area contributed by atoms with Gasteiger partial charge >= 0.3 is 17.9 Å². The van der Waals surface area contributed by atoms with E-state index >= 15 is 0 Å². The molecule has 0 amide bonds. The third-order valence-corrected chi connectivity index (χ3v) is 14.2. The maximum atomic E-state index is 13.0. The number of carbonyl (C=O) groups is 3. The van der Waals surface area contributed by atoms with Gasteiger partial charge in [-0.3, -0.25) is 14.4 Å². The van der Waals surface area contributed by atoms with Crippen molar-refractivity contribution in [1.82, 2.24) is 0 Å². The SMILES string of the molecule is CC/C=C\C/C=C\C/C=C\C/C=C\C/C=C\C/C=C\CCCCCCC(=O)OCC(COC(=O)CCCCCCCCCCCCCCCCCCC)OC(=O)CCCCCCCCC/C=C\C/C=C\C/C=C\C/C=C\C/C=C\CC. The summed E-state index contributed by atoms with van der Waals surface area (Å²) < 4.78 is 17.0. The van der Waals surface area contributed by atoms with Gasteiger partial charge in [0, 0.05) is 19.3 Å². The van der Waals surface area contributed by atoms with Gasteiger partial charge in [0.25, 0.3) is 0 Å². The van der Waals surface area contributed by atoms with Crippen LogP contribution in [0.3, 0.4) is 0 Å². The summed E-state index contributed by atoms with van der Waals surface area (Å²) in [6.45, 7) is 6.41. The van der Waals surface area contributed by atoms with Gasteiger partial charge in [-0.2, -0.15) is 0 Å². The fourth-order valence-electron chi connectivity index (χ4n) is 9.18. The van der Waals surface area contributed by atoms with E-state index in [2.05, 4.69) is 154 Å². The Labute approximate surface area is 500 Å². The second kappa shape index (κ2) is 68.1. The third kappa shape index (κ3) is 66.2. The van der Waals surface area contributed by atoms with Crippen molar-refractivity contribution >= 4 is 17.9 Å². The van der Waals surface area contributed by atoms with E-state index in [4.69, 9.17) is 14.2 Å². The molecule has 81 heavy (non-hydrogen) atoms. The molecule has 0 heterocycles. The second-order valence-electron chi connectivity index (χ2n) is 22.0. The quantitative estimate of drug-likeness (QED) is 0.0261. The second-order valence-corrected chi connectivity index (χ2v) is 22.0. The number of hydrogen-bond donors (Lipinski definition) is 0. The summed E-state index contributed by atoms with van der Waals surface area (Å²) >= 11 is 0. The molecule has 6 heteroatoms. The fraction of sp³-hybridized carbons (Fsp3) is 0.667. The highest BCUT2D eigenvalue weighted by molar-refractivity contribution is 5.71. The monoisotopic (exact) mass is 1120 g/mol. The Morgan fingerprint density at radius 2 is 0.481 bits per heavy atom. The zero-order valence-corrected chi connectivity index (χ0v) is 52.8. The molecule has 0 aromatic rings. The van der Waals surface area contributed by atoms with E-state index in [1.807, 2.05) is 0 Å². The predicted octanol–water partition coefficient (Wildman–Crippen LogP) is 23.3. The standard InChI is InChI=1S/C75H124O6/c1-4-7-10-13-16-19-22-25-28-31-33-35-37-39-41-44-47-50-53-56-59-62-65-68-74(77)80-71-72(70-79-73(76)67-64-61-58-55-52-49-46-43-30-27-24-21-18-15-12-9-6-3)81-75(78)69-66-63-60-57-54-51-48-45-42-40-38-36-34-32-29-26-23-20-17-14-11-8-5-2/h7-8,10-11,16-17,19-20,25-26,28-29,33-36,39-42,47,50,72H,4-6,9,12-15,18,21-24,27,30-32,37-38,43-46,48-49,51-71H2,1-3H3/b10-7-,11-8-,19-16-,20-17-,28-25-,29-26-,35-33-,36-34-,41-39-,42-40-,50-47-. The molecule has 0 aromatic carbocycles. The van der Waals surface area contributed by atoms with Gasteiger partial charge in [0.2, 0.25) is 0 Å². The molecule has 460 valence electrons. The first-order chi connectivity index (χ1) is 40.0. The van der Waals surface area contributed by atoms with Crippen molar-refractivity contribution in [2.45, 2.75) is 309 Å². The minimum absolute atomic E-state index is 0.0922. The summed E-state index contributed by atoms with van der Waals surface area (Å²) in [4.78, 5) is 38.4. The number of rotatable bonds is 60. The lowest BCUT2D eigenvalue weighted by Gasteiger charge is -2.18. The van der Waals surface area contributed by atoms with Gasteiger partial charge in [-0.15, -0.1) is 0 Å². The smallest absolute Gasteiger partial charge is 0.306 e. The van der Waals surface area contributed by atoms with E-state index in [1.165, 1.54) is 109 Å². The highest BCUT2D eigenvalue weighted by Crippen LogP contribution is 2.16. The van der Waals surface area contributed by atoms with Gasteiger partial charge in [-0.1, -0.05) is 302 Å². The minimum Gasteiger partial charge on any atom is -0.462 e. The largest absolute Gasteiger partial charge is 0.462 e. The topological polar surface area (TPSA) is 78.9 Å². The van der Waals surface area contributed by atoms with Crippen LogP contribution in [0.2, 0.25) is 0 Å². The number of hydrogen-bond acceptors (Lipinski definition) is 6. The average molecular weight is 1120 g/mol. The summed E-state index contributed by atoms with van der Waals surface area (Å²) in [5.74, 6) is -0.921. The zero-order chi connectivity index (χ0) is 58.5. The molecule has 0 aliphatic heterocycles. The van der Waals surface area contributed by atoms with Gasteiger partial charge in [-0.05, 0) is 116 Å². The predicted molar refractivity (Wildman–Crippen MR) is 353 cm³/mol. The van der Waals surface area contributed by atoms with Crippen LogP contribution in [-0.2, 0) is 28.6 Å². The molecule has 6 nitrogen and oxygen atoms in total. The average Bonchev–Trinajstić information content (AvgIpc) is 3.47. The van der Waals surface area contributed by atoms with Crippen molar-refractivity contribution < 1.29 is 28.6 Å². The molecule has 0 spiro atoms. The van der Waals surface area contributed by atoms with Crippen molar-refractivity contribution in [1.29, 1.82) is 0 Å². The van der Waals surface area contributed by atoms with Crippen molar-refractivity contribution in [2.24, 2.45) is 0 Å². The maximum absolute atomic E-state index is 13.0. The molecule has 0 aromatic heterocycles. The Kier molecular flexibility index (Phi) is 64.3. The summed E-state index contributed by atoms with van der Waals surface area (Å²) in [5, 5.41) is 0. The van der Waals surface area contributed by atoms with E-state index in [0.717, 1.165) is 154 Å². The first-order valence-electron chi connectivity index (χ1n) is 33.7.